The van der Waals surface area contributed by atoms with Crippen molar-refractivity contribution in [3.63, 3.8) is 0 Å². The van der Waals surface area contributed by atoms with Gasteiger partial charge in [0.25, 0.3) is 0 Å². The third-order valence-electron chi connectivity index (χ3n) is 3.60. The molecule has 0 amide bonds. The van der Waals surface area contributed by atoms with E-state index in [0.29, 0.717) is 5.92 Å². The Morgan fingerprint density at radius 1 is 1.59 bits per heavy atom. The zero-order valence-electron chi connectivity index (χ0n) is 10.4. The van der Waals surface area contributed by atoms with Crippen LogP contribution in [0.15, 0.2) is 18.3 Å². The van der Waals surface area contributed by atoms with Crippen LogP contribution in [0.2, 0.25) is 0 Å². The van der Waals surface area contributed by atoms with Gasteiger partial charge < -0.3 is 10.1 Å². The summed E-state index contributed by atoms with van der Waals surface area (Å²) in [5, 5.41) is 3.36. The summed E-state index contributed by atoms with van der Waals surface area (Å²) < 4.78 is 17.8. The first-order valence-corrected chi connectivity index (χ1v) is 5.98. The summed E-state index contributed by atoms with van der Waals surface area (Å²) in [6.07, 6.45) is 2.42. The smallest absolute Gasteiger partial charge is 0.141 e. The second kappa shape index (κ2) is 5.10. The fourth-order valence-electron chi connectivity index (χ4n) is 2.23. The van der Waals surface area contributed by atoms with E-state index in [1.165, 1.54) is 12.3 Å². The van der Waals surface area contributed by atoms with Gasteiger partial charge in [-0.3, -0.25) is 4.98 Å². The van der Waals surface area contributed by atoms with Crippen LogP contribution >= 0.6 is 0 Å². The molecule has 4 heteroatoms. The van der Waals surface area contributed by atoms with E-state index in [1.807, 2.05) is 0 Å². The Hall–Kier alpha value is -1.00. The van der Waals surface area contributed by atoms with Crippen LogP contribution in [0.4, 0.5) is 4.39 Å². The molecule has 1 aliphatic rings. The summed E-state index contributed by atoms with van der Waals surface area (Å²) >= 11 is 0. The number of pyridine rings is 1. The van der Waals surface area contributed by atoms with E-state index in [0.717, 1.165) is 31.8 Å². The van der Waals surface area contributed by atoms with Crippen molar-refractivity contribution in [3.8, 4) is 0 Å². The molecule has 0 saturated heterocycles. The molecule has 0 radical (unpaired) electrons. The first-order chi connectivity index (χ1) is 8.16. The van der Waals surface area contributed by atoms with E-state index < -0.39 is 0 Å². The summed E-state index contributed by atoms with van der Waals surface area (Å²) in [5.41, 5.74) is 1.12. The molecule has 2 unspecified atom stereocenters. The van der Waals surface area contributed by atoms with Gasteiger partial charge in [-0.1, -0.05) is 6.92 Å². The van der Waals surface area contributed by atoms with E-state index >= 15 is 0 Å². The number of hydrogen-bond acceptors (Lipinski definition) is 3. The molecule has 0 aromatic carbocycles. The maximum atomic E-state index is 12.8. The lowest BCUT2D eigenvalue weighted by molar-refractivity contribution is 0.199. The van der Waals surface area contributed by atoms with Crippen molar-refractivity contribution in [2.24, 2.45) is 5.92 Å². The van der Waals surface area contributed by atoms with Crippen molar-refractivity contribution >= 4 is 0 Å². The number of aromatic nitrogens is 1. The van der Waals surface area contributed by atoms with Crippen LogP contribution in [-0.2, 0) is 10.2 Å². The van der Waals surface area contributed by atoms with Crippen LogP contribution in [0.25, 0.3) is 0 Å². The zero-order valence-corrected chi connectivity index (χ0v) is 10.4. The number of ether oxygens (including phenoxy) is 1. The Morgan fingerprint density at radius 3 is 3.06 bits per heavy atom. The maximum Gasteiger partial charge on any atom is 0.141 e. The van der Waals surface area contributed by atoms with Crippen molar-refractivity contribution in [2.75, 3.05) is 26.8 Å². The van der Waals surface area contributed by atoms with E-state index in [2.05, 4.69) is 17.2 Å². The van der Waals surface area contributed by atoms with Gasteiger partial charge in [0.15, 0.2) is 0 Å². The molecule has 17 heavy (non-hydrogen) atoms. The molecule has 1 heterocycles. The average molecular weight is 238 g/mol. The van der Waals surface area contributed by atoms with E-state index in [9.17, 15) is 4.39 Å². The fourth-order valence-corrected chi connectivity index (χ4v) is 2.23. The lowest BCUT2D eigenvalue weighted by atomic mass is 10.0. The number of hydrogen-bond donors (Lipinski definition) is 1. The van der Waals surface area contributed by atoms with Crippen LogP contribution < -0.4 is 5.32 Å². The van der Waals surface area contributed by atoms with Gasteiger partial charge in [0.05, 0.1) is 12.8 Å². The highest BCUT2D eigenvalue weighted by Crippen LogP contribution is 2.52. The third-order valence-corrected chi connectivity index (χ3v) is 3.60. The highest BCUT2D eigenvalue weighted by molar-refractivity contribution is 5.26. The third kappa shape index (κ3) is 2.82. The molecule has 2 rings (SSSR count). The topological polar surface area (TPSA) is 34.1 Å². The first kappa shape index (κ1) is 12.5. The normalized spacial score (nSPS) is 27.1. The van der Waals surface area contributed by atoms with Gasteiger partial charge >= 0.3 is 0 Å². The number of nitrogens with one attached hydrogen (secondary N) is 1. The van der Waals surface area contributed by atoms with Crippen molar-refractivity contribution in [1.82, 2.24) is 10.3 Å². The SMILES string of the molecule is COCCNCC1CC1(C)c1ccc(F)cn1. The summed E-state index contributed by atoms with van der Waals surface area (Å²) in [6.45, 7) is 4.77. The van der Waals surface area contributed by atoms with Crippen LogP contribution in [0.5, 0.6) is 0 Å². The Morgan fingerprint density at radius 2 is 2.41 bits per heavy atom. The minimum Gasteiger partial charge on any atom is -0.383 e. The molecule has 0 spiro atoms. The van der Waals surface area contributed by atoms with Gasteiger partial charge in [-0.05, 0) is 31.0 Å². The Labute approximate surface area is 101 Å². The second-order valence-electron chi connectivity index (χ2n) is 4.88. The van der Waals surface area contributed by atoms with Crippen molar-refractivity contribution in [2.45, 2.75) is 18.8 Å². The molecule has 3 nitrogen and oxygen atoms in total. The number of methoxy groups -OCH3 is 1. The molecule has 1 aromatic rings. The van der Waals surface area contributed by atoms with Gasteiger partial charge in [-0.15, -0.1) is 0 Å². The molecule has 0 aliphatic heterocycles. The summed E-state index contributed by atoms with van der Waals surface area (Å²) in [5.74, 6) is 0.324. The predicted octanol–water partition coefficient (Wildman–Crippen LogP) is 1.73. The molecule has 1 fully saturated rings. The number of rotatable bonds is 6. The Balaban J connectivity index is 1.84. The van der Waals surface area contributed by atoms with Gasteiger partial charge in [0.1, 0.15) is 5.82 Å². The first-order valence-electron chi connectivity index (χ1n) is 5.98. The van der Waals surface area contributed by atoms with Crippen LogP contribution in [0, 0.1) is 11.7 Å². The molecular weight excluding hydrogens is 219 g/mol. The van der Waals surface area contributed by atoms with Crippen LogP contribution in [-0.4, -0.2) is 31.8 Å². The standard InChI is InChI=1S/C13H19FN2O/c1-13(12-4-3-11(14)9-16-12)7-10(13)8-15-5-6-17-2/h3-4,9-10,15H,5-8H2,1-2H3. The van der Waals surface area contributed by atoms with E-state index in [1.54, 1.807) is 13.2 Å². The number of halogens is 1. The Kier molecular flexibility index (Phi) is 3.74. The van der Waals surface area contributed by atoms with Gasteiger partial charge in [0.2, 0.25) is 0 Å². The van der Waals surface area contributed by atoms with Gasteiger partial charge in [0, 0.05) is 24.8 Å². The summed E-state index contributed by atoms with van der Waals surface area (Å²) in [7, 11) is 1.70. The van der Waals surface area contributed by atoms with E-state index in [4.69, 9.17) is 4.74 Å². The summed E-state index contributed by atoms with van der Waals surface area (Å²) in [6, 6.07) is 3.28. The molecule has 1 aliphatic carbocycles. The Bertz CT molecular complexity index is 368. The molecule has 1 saturated carbocycles. The van der Waals surface area contributed by atoms with Crippen LogP contribution in [0.3, 0.4) is 0 Å². The summed E-state index contributed by atoms with van der Waals surface area (Å²) in [4.78, 5) is 4.18. The second-order valence-corrected chi connectivity index (χ2v) is 4.88. The predicted molar refractivity (Wildman–Crippen MR) is 64.4 cm³/mol. The molecule has 0 bridgehead atoms. The minimum absolute atomic E-state index is 0.119. The van der Waals surface area contributed by atoms with Gasteiger partial charge in [-0.2, -0.15) is 0 Å². The fraction of sp³-hybridized carbons (Fsp3) is 0.615. The molecule has 1 N–H and O–H groups in total. The van der Waals surface area contributed by atoms with Crippen molar-refractivity contribution < 1.29 is 9.13 Å². The molecular formula is C13H19FN2O. The monoisotopic (exact) mass is 238 g/mol. The van der Waals surface area contributed by atoms with Gasteiger partial charge in [-0.25, -0.2) is 4.39 Å². The number of nitrogens with zero attached hydrogens (tertiary/aromatic N) is 1. The molecule has 94 valence electrons. The van der Waals surface area contributed by atoms with Crippen LogP contribution in [0.1, 0.15) is 19.0 Å². The van der Waals surface area contributed by atoms with Crippen molar-refractivity contribution in [3.05, 3.63) is 29.8 Å². The van der Waals surface area contributed by atoms with Crippen molar-refractivity contribution in [1.29, 1.82) is 0 Å². The zero-order chi connectivity index (χ0) is 12.3. The quantitative estimate of drug-likeness (QED) is 0.766. The minimum atomic E-state index is -0.271. The molecule has 2 atom stereocenters. The molecule has 1 aromatic heterocycles. The van der Waals surface area contributed by atoms with E-state index in [-0.39, 0.29) is 11.2 Å². The average Bonchev–Trinajstić information content (AvgIpc) is 2.98. The maximum absolute atomic E-state index is 12.8. The lowest BCUT2D eigenvalue weighted by Crippen LogP contribution is -2.24. The highest BCUT2D eigenvalue weighted by Gasteiger charge is 2.51. The largest absolute Gasteiger partial charge is 0.383 e. The lowest BCUT2D eigenvalue weighted by Gasteiger charge is -2.11. The highest BCUT2D eigenvalue weighted by atomic mass is 19.1.